The van der Waals surface area contributed by atoms with Crippen LogP contribution < -0.4 is 15.6 Å². The lowest BCUT2D eigenvalue weighted by Crippen LogP contribution is -2.43. The van der Waals surface area contributed by atoms with Gasteiger partial charge in [-0.2, -0.15) is 0 Å². The summed E-state index contributed by atoms with van der Waals surface area (Å²) in [7, 11) is 0. The number of ether oxygens (including phenoxy) is 1. The summed E-state index contributed by atoms with van der Waals surface area (Å²) in [5.41, 5.74) is 6.49. The smallest absolute Gasteiger partial charge is 0.276 e. The standard InChI is InChI=1S/C18H17BrN2O3/c1-13-11-15(8-9-16(13)19)24-12-18(23)21-20-17(22)10-7-14-5-3-2-4-6-14/h2-11H,12H2,1H3,(H,20,22)(H,21,23). The summed E-state index contributed by atoms with van der Waals surface area (Å²) >= 11 is 3.39. The molecule has 5 nitrogen and oxygen atoms in total. The van der Waals surface area contributed by atoms with Gasteiger partial charge in [-0.1, -0.05) is 46.3 Å². The van der Waals surface area contributed by atoms with E-state index in [0.717, 1.165) is 15.6 Å². The molecule has 0 aliphatic carbocycles. The van der Waals surface area contributed by atoms with Gasteiger partial charge in [-0.25, -0.2) is 0 Å². The lowest BCUT2D eigenvalue weighted by Gasteiger charge is -2.08. The minimum atomic E-state index is -0.447. The van der Waals surface area contributed by atoms with Crippen molar-refractivity contribution >= 4 is 33.8 Å². The van der Waals surface area contributed by atoms with Crippen molar-refractivity contribution in [1.29, 1.82) is 0 Å². The second kappa shape index (κ2) is 8.88. The Labute approximate surface area is 148 Å². The molecule has 0 spiro atoms. The van der Waals surface area contributed by atoms with E-state index in [4.69, 9.17) is 4.74 Å². The van der Waals surface area contributed by atoms with E-state index >= 15 is 0 Å². The van der Waals surface area contributed by atoms with Gasteiger partial charge in [-0.3, -0.25) is 20.4 Å². The van der Waals surface area contributed by atoms with E-state index in [2.05, 4.69) is 26.8 Å². The molecule has 6 heteroatoms. The summed E-state index contributed by atoms with van der Waals surface area (Å²) in [4.78, 5) is 23.3. The summed E-state index contributed by atoms with van der Waals surface area (Å²) < 4.78 is 6.33. The van der Waals surface area contributed by atoms with Crippen molar-refractivity contribution in [2.24, 2.45) is 0 Å². The van der Waals surface area contributed by atoms with Gasteiger partial charge < -0.3 is 4.74 Å². The van der Waals surface area contributed by atoms with Crippen LogP contribution in [0, 0.1) is 6.92 Å². The SMILES string of the molecule is Cc1cc(OCC(=O)NNC(=O)C=Cc2ccccc2)ccc1Br. The molecule has 0 saturated heterocycles. The fourth-order valence-corrected chi connectivity index (χ4v) is 2.05. The van der Waals surface area contributed by atoms with Crippen molar-refractivity contribution in [3.8, 4) is 5.75 Å². The highest BCUT2D eigenvalue weighted by Gasteiger charge is 2.05. The number of hydrogen-bond acceptors (Lipinski definition) is 3. The lowest BCUT2D eigenvalue weighted by molar-refractivity contribution is -0.128. The van der Waals surface area contributed by atoms with Gasteiger partial charge in [0, 0.05) is 10.5 Å². The molecule has 2 rings (SSSR count). The van der Waals surface area contributed by atoms with Gasteiger partial charge >= 0.3 is 0 Å². The van der Waals surface area contributed by atoms with Crippen molar-refractivity contribution in [2.45, 2.75) is 6.92 Å². The Morgan fingerprint density at radius 3 is 2.58 bits per heavy atom. The molecule has 2 aromatic rings. The normalized spacial score (nSPS) is 10.4. The summed E-state index contributed by atoms with van der Waals surface area (Å²) in [5.74, 6) is -0.287. The number of rotatable bonds is 5. The van der Waals surface area contributed by atoms with E-state index < -0.39 is 11.8 Å². The Morgan fingerprint density at radius 2 is 1.88 bits per heavy atom. The molecular formula is C18H17BrN2O3. The number of aryl methyl sites for hydroxylation is 1. The first kappa shape index (κ1) is 17.7. The third-order valence-electron chi connectivity index (χ3n) is 3.05. The van der Waals surface area contributed by atoms with Crippen molar-refractivity contribution < 1.29 is 14.3 Å². The zero-order chi connectivity index (χ0) is 17.4. The number of nitrogens with one attached hydrogen (secondary N) is 2. The second-order valence-corrected chi connectivity index (χ2v) is 5.84. The molecule has 24 heavy (non-hydrogen) atoms. The minimum Gasteiger partial charge on any atom is -0.484 e. The number of hydrogen-bond donors (Lipinski definition) is 2. The predicted octanol–water partition coefficient (Wildman–Crippen LogP) is 3.00. The number of benzene rings is 2. The van der Waals surface area contributed by atoms with Crippen LogP contribution in [0.1, 0.15) is 11.1 Å². The summed E-state index contributed by atoms with van der Waals surface area (Å²) in [5, 5.41) is 0. The molecular weight excluding hydrogens is 372 g/mol. The molecule has 0 heterocycles. The average Bonchev–Trinajstić information content (AvgIpc) is 2.60. The van der Waals surface area contributed by atoms with Crippen molar-refractivity contribution in [3.05, 3.63) is 70.2 Å². The van der Waals surface area contributed by atoms with Crippen LogP contribution in [0.4, 0.5) is 0 Å². The Hall–Kier alpha value is -2.60. The van der Waals surface area contributed by atoms with Crippen molar-refractivity contribution in [3.63, 3.8) is 0 Å². The molecule has 2 N–H and O–H groups in total. The third-order valence-corrected chi connectivity index (χ3v) is 3.94. The van der Waals surface area contributed by atoms with Crippen LogP contribution in [-0.2, 0) is 9.59 Å². The molecule has 2 aromatic carbocycles. The fourth-order valence-electron chi connectivity index (χ4n) is 1.80. The Morgan fingerprint density at radius 1 is 1.12 bits per heavy atom. The second-order valence-electron chi connectivity index (χ2n) is 4.98. The molecule has 124 valence electrons. The van der Waals surface area contributed by atoms with Crippen LogP contribution in [0.15, 0.2) is 59.1 Å². The van der Waals surface area contributed by atoms with Crippen molar-refractivity contribution in [2.75, 3.05) is 6.61 Å². The van der Waals surface area contributed by atoms with E-state index in [0.29, 0.717) is 5.75 Å². The van der Waals surface area contributed by atoms with Crippen LogP contribution >= 0.6 is 15.9 Å². The number of amides is 2. The van der Waals surface area contributed by atoms with Crippen molar-refractivity contribution in [1.82, 2.24) is 10.9 Å². The third kappa shape index (κ3) is 5.89. The summed E-state index contributed by atoms with van der Waals surface area (Å²) in [6.45, 7) is 1.74. The molecule has 0 radical (unpaired) electrons. The fraction of sp³-hybridized carbons (Fsp3) is 0.111. The van der Waals surface area contributed by atoms with Crippen LogP contribution in [0.5, 0.6) is 5.75 Å². The molecule has 0 aromatic heterocycles. The van der Waals surface area contributed by atoms with Gasteiger partial charge in [0.2, 0.25) is 0 Å². The highest BCUT2D eigenvalue weighted by Crippen LogP contribution is 2.21. The van der Waals surface area contributed by atoms with E-state index in [-0.39, 0.29) is 6.61 Å². The first-order valence-electron chi connectivity index (χ1n) is 7.25. The van der Waals surface area contributed by atoms with Gasteiger partial charge in [-0.15, -0.1) is 0 Å². The van der Waals surface area contributed by atoms with Crippen LogP contribution in [-0.4, -0.2) is 18.4 Å². The molecule has 0 atom stereocenters. The van der Waals surface area contributed by atoms with Gasteiger partial charge in [0.05, 0.1) is 0 Å². The summed E-state index contributed by atoms with van der Waals surface area (Å²) in [6.07, 6.45) is 3.00. The molecule has 0 bridgehead atoms. The quantitative estimate of drug-likeness (QED) is 0.610. The monoisotopic (exact) mass is 388 g/mol. The maximum Gasteiger partial charge on any atom is 0.276 e. The first-order chi connectivity index (χ1) is 11.5. The maximum absolute atomic E-state index is 11.7. The van der Waals surface area contributed by atoms with E-state index in [9.17, 15) is 9.59 Å². The molecule has 0 aliphatic rings. The van der Waals surface area contributed by atoms with E-state index in [1.807, 2.05) is 49.4 Å². The molecule has 2 amide bonds. The number of carbonyl (C=O) groups is 2. The highest BCUT2D eigenvalue weighted by atomic mass is 79.9. The lowest BCUT2D eigenvalue weighted by atomic mass is 10.2. The highest BCUT2D eigenvalue weighted by molar-refractivity contribution is 9.10. The van der Waals surface area contributed by atoms with Gasteiger partial charge in [0.1, 0.15) is 5.75 Å². The van der Waals surface area contributed by atoms with Crippen LogP contribution in [0.25, 0.3) is 6.08 Å². The average molecular weight is 389 g/mol. The molecule has 0 fully saturated rings. The zero-order valence-corrected chi connectivity index (χ0v) is 14.7. The van der Waals surface area contributed by atoms with Crippen LogP contribution in [0.3, 0.4) is 0 Å². The Bertz CT molecular complexity index is 745. The molecule has 0 aliphatic heterocycles. The topological polar surface area (TPSA) is 67.4 Å². The Balaban J connectivity index is 1.73. The zero-order valence-electron chi connectivity index (χ0n) is 13.1. The first-order valence-corrected chi connectivity index (χ1v) is 8.05. The largest absolute Gasteiger partial charge is 0.484 e. The van der Waals surface area contributed by atoms with Crippen LogP contribution in [0.2, 0.25) is 0 Å². The van der Waals surface area contributed by atoms with Gasteiger partial charge in [0.25, 0.3) is 11.8 Å². The Kier molecular flexibility index (Phi) is 6.57. The van der Waals surface area contributed by atoms with E-state index in [1.165, 1.54) is 6.08 Å². The van der Waals surface area contributed by atoms with Gasteiger partial charge in [0.15, 0.2) is 6.61 Å². The maximum atomic E-state index is 11.7. The number of carbonyl (C=O) groups excluding carboxylic acids is 2. The molecule has 0 saturated carbocycles. The number of halogens is 1. The predicted molar refractivity (Wildman–Crippen MR) is 96.1 cm³/mol. The van der Waals surface area contributed by atoms with Gasteiger partial charge in [-0.05, 0) is 42.3 Å². The summed E-state index contributed by atoms with van der Waals surface area (Å²) in [6, 6.07) is 14.8. The van der Waals surface area contributed by atoms with E-state index in [1.54, 1.807) is 12.1 Å². The minimum absolute atomic E-state index is 0.191. The number of hydrazine groups is 1. The molecule has 0 unspecified atom stereocenters.